The highest BCUT2D eigenvalue weighted by Crippen LogP contribution is 2.33. The Bertz CT molecular complexity index is 1100. The van der Waals surface area contributed by atoms with Gasteiger partial charge in [0.05, 0.1) is 24.5 Å². The quantitative estimate of drug-likeness (QED) is 0.524. The van der Waals surface area contributed by atoms with Crippen LogP contribution in [0.1, 0.15) is 17.3 Å². The monoisotopic (exact) mass is 442 g/mol. The Morgan fingerprint density at radius 2 is 1.81 bits per heavy atom. The second-order valence-electron chi connectivity index (χ2n) is 6.54. The van der Waals surface area contributed by atoms with Crippen molar-refractivity contribution in [3.63, 3.8) is 0 Å². The summed E-state index contributed by atoms with van der Waals surface area (Å²) in [4.78, 5) is 24.8. The minimum Gasteiger partial charge on any atom is -0.494 e. The maximum Gasteiger partial charge on any atom is 0.257 e. The van der Waals surface area contributed by atoms with Gasteiger partial charge in [0.1, 0.15) is 11.5 Å². The molecule has 8 heteroatoms. The van der Waals surface area contributed by atoms with Crippen molar-refractivity contribution in [1.82, 2.24) is 4.57 Å². The number of halogens is 1. The number of methoxy groups -OCH3 is 1. The summed E-state index contributed by atoms with van der Waals surface area (Å²) >= 11 is 6.13. The number of amides is 1. The first-order chi connectivity index (χ1) is 15.0. The van der Waals surface area contributed by atoms with Crippen LogP contribution in [0, 0.1) is 0 Å². The fourth-order valence-corrected chi connectivity index (χ4v) is 2.98. The third kappa shape index (κ3) is 6.10. The van der Waals surface area contributed by atoms with Crippen molar-refractivity contribution < 1.29 is 19.0 Å². The molecule has 0 aliphatic carbocycles. The zero-order chi connectivity index (χ0) is 22.2. The number of ether oxygens (including phenoxy) is 3. The minimum absolute atomic E-state index is 0.212. The maximum atomic E-state index is 12.8. The highest BCUT2D eigenvalue weighted by Gasteiger charge is 2.13. The van der Waals surface area contributed by atoms with E-state index in [9.17, 15) is 9.59 Å². The zero-order valence-corrected chi connectivity index (χ0v) is 18.0. The van der Waals surface area contributed by atoms with Crippen LogP contribution in [0.15, 0.2) is 65.6 Å². The second-order valence-corrected chi connectivity index (χ2v) is 6.98. The van der Waals surface area contributed by atoms with Crippen molar-refractivity contribution in [1.29, 1.82) is 0 Å². The molecule has 3 aromatic rings. The Morgan fingerprint density at radius 3 is 2.52 bits per heavy atom. The standard InChI is InChI=1S/C23H23ClN2O5/c1-3-30-18-6-8-19(9-7-18)31-21-10-5-17(24)14-20(21)25-23(28)16-4-11-22(27)26(15-16)12-13-29-2/h4-11,14-15H,3,12-13H2,1-2H3,(H,25,28). The number of pyridine rings is 1. The molecular weight excluding hydrogens is 420 g/mol. The van der Waals surface area contributed by atoms with Crippen LogP contribution in [0.2, 0.25) is 5.02 Å². The smallest absolute Gasteiger partial charge is 0.257 e. The molecule has 0 aliphatic heterocycles. The van der Waals surface area contributed by atoms with E-state index in [-0.39, 0.29) is 5.56 Å². The summed E-state index contributed by atoms with van der Waals surface area (Å²) in [5.41, 5.74) is 0.514. The zero-order valence-electron chi connectivity index (χ0n) is 17.3. The first-order valence-electron chi connectivity index (χ1n) is 9.71. The van der Waals surface area contributed by atoms with Gasteiger partial charge >= 0.3 is 0 Å². The Morgan fingerprint density at radius 1 is 1.06 bits per heavy atom. The number of aromatic nitrogens is 1. The van der Waals surface area contributed by atoms with Gasteiger partial charge in [0.15, 0.2) is 5.75 Å². The molecule has 1 N–H and O–H groups in total. The third-order valence-electron chi connectivity index (χ3n) is 4.33. The molecule has 0 fully saturated rings. The molecule has 0 saturated carbocycles. The molecular formula is C23H23ClN2O5. The molecule has 1 amide bonds. The van der Waals surface area contributed by atoms with Gasteiger partial charge in [-0.15, -0.1) is 0 Å². The molecule has 2 aromatic carbocycles. The van der Waals surface area contributed by atoms with Crippen molar-refractivity contribution in [2.75, 3.05) is 25.6 Å². The molecule has 0 radical (unpaired) electrons. The predicted molar refractivity (Wildman–Crippen MR) is 120 cm³/mol. The lowest BCUT2D eigenvalue weighted by atomic mass is 10.2. The molecule has 31 heavy (non-hydrogen) atoms. The van der Waals surface area contributed by atoms with Crippen molar-refractivity contribution >= 4 is 23.2 Å². The number of anilines is 1. The summed E-state index contributed by atoms with van der Waals surface area (Å²) < 4.78 is 17.8. The van der Waals surface area contributed by atoms with Crippen LogP contribution in [-0.2, 0) is 11.3 Å². The van der Waals surface area contributed by atoms with Gasteiger partial charge < -0.3 is 24.1 Å². The Kier molecular flexibility index (Phi) is 7.70. The van der Waals surface area contributed by atoms with Crippen LogP contribution in [0.3, 0.4) is 0 Å². The SMILES string of the molecule is CCOc1ccc(Oc2ccc(Cl)cc2NC(=O)c2ccc(=O)n(CCOC)c2)cc1. The molecule has 3 rings (SSSR count). The lowest BCUT2D eigenvalue weighted by molar-refractivity contribution is 0.102. The van der Waals surface area contributed by atoms with Crippen molar-refractivity contribution in [2.24, 2.45) is 0 Å². The van der Waals surface area contributed by atoms with Crippen LogP contribution >= 0.6 is 11.6 Å². The molecule has 162 valence electrons. The molecule has 0 unspecified atom stereocenters. The van der Waals surface area contributed by atoms with Crippen molar-refractivity contribution in [3.05, 3.63) is 81.7 Å². The number of hydrogen-bond donors (Lipinski definition) is 1. The normalized spacial score (nSPS) is 10.5. The number of carbonyl (C=O) groups is 1. The first kappa shape index (κ1) is 22.4. The number of hydrogen-bond acceptors (Lipinski definition) is 5. The topological polar surface area (TPSA) is 78.8 Å². The van der Waals surface area contributed by atoms with Gasteiger partial charge in [0.2, 0.25) is 0 Å². The van der Waals surface area contributed by atoms with Gasteiger partial charge in [-0.3, -0.25) is 9.59 Å². The van der Waals surface area contributed by atoms with Gasteiger partial charge in [0, 0.05) is 30.9 Å². The van der Waals surface area contributed by atoms with Crippen LogP contribution in [0.4, 0.5) is 5.69 Å². The fraction of sp³-hybridized carbons (Fsp3) is 0.217. The highest BCUT2D eigenvalue weighted by molar-refractivity contribution is 6.31. The highest BCUT2D eigenvalue weighted by atomic mass is 35.5. The number of carbonyl (C=O) groups excluding carboxylic acids is 1. The van der Waals surface area contributed by atoms with E-state index < -0.39 is 5.91 Å². The summed E-state index contributed by atoms with van der Waals surface area (Å²) in [6.45, 7) is 3.20. The van der Waals surface area contributed by atoms with E-state index >= 15 is 0 Å². The largest absolute Gasteiger partial charge is 0.494 e. The van der Waals surface area contributed by atoms with Crippen LogP contribution in [-0.4, -0.2) is 30.8 Å². The maximum absolute atomic E-state index is 12.8. The van der Waals surface area contributed by atoms with Crippen molar-refractivity contribution in [3.8, 4) is 17.2 Å². The average Bonchev–Trinajstić information content (AvgIpc) is 2.76. The van der Waals surface area contributed by atoms with Gasteiger partial charge in [0.25, 0.3) is 11.5 Å². The number of nitrogens with zero attached hydrogens (tertiary/aromatic N) is 1. The Labute approximate surface area is 185 Å². The Hall–Kier alpha value is -3.29. The van der Waals surface area contributed by atoms with Crippen LogP contribution in [0.25, 0.3) is 0 Å². The number of rotatable bonds is 9. The van der Waals surface area contributed by atoms with Crippen molar-refractivity contribution in [2.45, 2.75) is 13.5 Å². The lowest BCUT2D eigenvalue weighted by Gasteiger charge is -2.14. The Balaban J connectivity index is 1.80. The number of benzene rings is 2. The lowest BCUT2D eigenvalue weighted by Crippen LogP contribution is -2.23. The molecule has 0 bridgehead atoms. The fourth-order valence-electron chi connectivity index (χ4n) is 2.81. The average molecular weight is 443 g/mol. The molecule has 1 aromatic heterocycles. The van der Waals surface area contributed by atoms with Gasteiger partial charge in [-0.1, -0.05) is 11.6 Å². The molecule has 1 heterocycles. The van der Waals surface area contributed by atoms with Gasteiger partial charge in [-0.05, 0) is 55.5 Å². The summed E-state index contributed by atoms with van der Waals surface area (Å²) in [6.07, 6.45) is 1.49. The predicted octanol–water partition coefficient (Wildman–Crippen LogP) is 4.59. The molecule has 0 aliphatic rings. The first-order valence-corrected chi connectivity index (χ1v) is 10.1. The second kappa shape index (κ2) is 10.7. The van der Waals surface area contributed by atoms with E-state index in [4.69, 9.17) is 25.8 Å². The third-order valence-corrected chi connectivity index (χ3v) is 4.57. The van der Waals surface area contributed by atoms with Crippen LogP contribution < -0.4 is 20.3 Å². The summed E-state index contributed by atoms with van der Waals surface area (Å²) in [7, 11) is 1.55. The number of nitrogens with one attached hydrogen (secondary N) is 1. The van der Waals surface area contributed by atoms with E-state index in [1.54, 1.807) is 49.6 Å². The van der Waals surface area contributed by atoms with Gasteiger partial charge in [-0.2, -0.15) is 0 Å². The van der Waals surface area contributed by atoms with E-state index in [0.29, 0.717) is 47.5 Å². The summed E-state index contributed by atoms with van der Waals surface area (Å²) in [5.74, 6) is 1.34. The molecule has 0 atom stereocenters. The van der Waals surface area contributed by atoms with Crippen LogP contribution in [0.5, 0.6) is 17.2 Å². The summed E-state index contributed by atoms with van der Waals surface area (Å²) in [6, 6.07) is 14.9. The van der Waals surface area contributed by atoms with E-state index in [0.717, 1.165) is 5.75 Å². The molecule has 0 spiro atoms. The van der Waals surface area contributed by atoms with E-state index in [1.165, 1.54) is 22.9 Å². The van der Waals surface area contributed by atoms with E-state index in [2.05, 4.69) is 5.32 Å². The van der Waals surface area contributed by atoms with E-state index in [1.807, 2.05) is 6.92 Å². The van der Waals surface area contributed by atoms with Gasteiger partial charge in [-0.25, -0.2) is 0 Å². The molecule has 0 saturated heterocycles. The summed E-state index contributed by atoms with van der Waals surface area (Å²) in [5, 5.41) is 3.25. The molecule has 7 nitrogen and oxygen atoms in total. The minimum atomic E-state index is -0.398.